The van der Waals surface area contributed by atoms with E-state index in [1.165, 1.54) is 0 Å². The minimum Gasteiger partial charge on any atom is -0.460 e. The summed E-state index contributed by atoms with van der Waals surface area (Å²) in [6, 6.07) is 8.02. The van der Waals surface area contributed by atoms with Gasteiger partial charge < -0.3 is 15.1 Å². The number of para-hydroxylation sites is 1. The molecule has 1 aromatic carbocycles. The van der Waals surface area contributed by atoms with Gasteiger partial charge in [-0.15, -0.1) is 0 Å². The topological polar surface area (TPSA) is 59.5 Å². The first-order chi connectivity index (χ1) is 10.2. The molecule has 3 rings (SSSR count). The van der Waals surface area contributed by atoms with Crippen molar-refractivity contribution in [1.29, 1.82) is 0 Å². The van der Waals surface area contributed by atoms with Crippen LogP contribution in [0, 0.1) is 0 Å². The van der Waals surface area contributed by atoms with Crippen LogP contribution in [-0.4, -0.2) is 29.9 Å². The van der Waals surface area contributed by atoms with E-state index in [-0.39, 0.29) is 11.9 Å². The maximum atomic E-state index is 12.2. The highest BCUT2D eigenvalue weighted by Crippen LogP contribution is 2.27. The second-order valence-corrected chi connectivity index (χ2v) is 5.45. The fourth-order valence-electron chi connectivity index (χ4n) is 2.81. The number of benzene rings is 1. The molecular formula is C17H20N2O2. The molecule has 2 N–H and O–H groups in total. The molecule has 0 spiro atoms. The number of fused-ring (bicyclic) bond motifs is 1. The van der Waals surface area contributed by atoms with Crippen molar-refractivity contribution in [1.82, 2.24) is 4.90 Å². The molecule has 1 atom stereocenters. The normalized spacial score (nSPS) is 19.0. The molecule has 0 unspecified atom stereocenters. The van der Waals surface area contributed by atoms with Crippen LogP contribution in [0.5, 0.6) is 0 Å². The van der Waals surface area contributed by atoms with Gasteiger partial charge in [0.05, 0.1) is 0 Å². The van der Waals surface area contributed by atoms with Gasteiger partial charge >= 0.3 is 0 Å². The molecule has 2 heterocycles. The second-order valence-electron chi connectivity index (χ2n) is 5.45. The van der Waals surface area contributed by atoms with Crippen LogP contribution in [0.2, 0.25) is 0 Å². The van der Waals surface area contributed by atoms with Crippen LogP contribution < -0.4 is 5.73 Å². The molecule has 110 valence electrons. The van der Waals surface area contributed by atoms with Gasteiger partial charge in [0.15, 0.2) is 0 Å². The van der Waals surface area contributed by atoms with Crippen molar-refractivity contribution in [2.75, 3.05) is 13.1 Å². The number of aryl methyl sites for hydroxylation is 1. The Kier molecular flexibility index (Phi) is 3.80. The second kappa shape index (κ2) is 5.74. The molecular weight excluding hydrogens is 264 g/mol. The third kappa shape index (κ3) is 2.72. The highest BCUT2D eigenvalue weighted by atomic mass is 16.3. The predicted molar refractivity (Wildman–Crippen MR) is 83.8 cm³/mol. The third-order valence-corrected chi connectivity index (χ3v) is 3.96. The zero-order valence-electron chi connectivity index (χ0n) is 12.2. The van der Waals surface area contributed by atoms with Gasteiger partial charge in [0.25, 0.3) is 0 Å². The van der Waals surface area contributed by atoms with Gasteiger partial charge in [-0.3, -0.25) is 4.79 Å². The van der Waals surface area contributed by atoms with Gasteiger partial charge in [-0.25, -0.2) is 0 Å². The van der Waals surface area contributed by atoms with Crippen LogP contribution in [0.15, 0.2) is 34.8 Å². The van der Waals surface area contributed by atoms with Gasteiger partial charge in [-0.05, 0) is 18.6 Å². The van der Waals surface area contributed by atoms with Crippen molar-refractivity contribution < 1.29 is 9.21 Å². The third-order valence-electron chi connectivity index (χ3n) is 3.96. The van der Waals surface area contributed by atoms with E-state index < -0.39 is 0 Å². The van der Waals surface area contributed by atoms with Crippen molar-refractivity contribution in [3.63, 3.8) is 0 Å². The van der Waals surface area contributed by atoms with Gasteiger partial charge in [-0.1, -0.05) is 25.1 Å². The number of hydrogen-bond acceptors (Lipinski definition) is 3. The van der Waals surface area contributed by atoms with Crippen molar-refractivity contribution in [3.8, 4) is 0 Å². The van der Waals surface area contributed by atoms with E-state index in [0.29, 0.717) is 6.54 Å². The zero-order chi connectivity index (χ0) is 14.8. The van der Waals surface area contributed by atoms with Gasteiger partial charge in [-0.2, -0.15) is 0 Å². The molecule has 0 bridgehead atoms. The molecule has 1 aliphatic rings. The summed E-state index contributed by atoms with van der Waals surface area (Å²) in [7, 11) is 0. The number of amides is 1. The van der Waals surface area contributed by atoms with Crippen LogP contribution >= 0.6 is 0 Å². The number of carbonyl (C=O) groups excluding carboxylic acids is 1. The molecule has 4 heteroatoms. The molecule has 21 heavy (non-hydrogen) atoms. The van der Waals surface area contributed by atoms with E-state index in [0.717, 1.165) is 41.7 Å². The number of nitrogens with zero attached hydrogens (tertiary/aromatic N) is 1. The van der Waals surface area contributed by atoms with Crippen molar-refractivity contribution in [2.45, 2.75) is 25.8 Å². The molecule has 1 amide bonds. The van der Waals surface area contributed by atoms with E-state index >= 15 is 0 Å². The molecule has 2 aromatic rings. The molecule has 0 saturated carbocycles. The summed E-state index contributed by atoms with van der Waals surface area (Å²) in [5.74, 6) is 0.939. The quantitative estimate of drug-likeness (QED) is 0.881. The van der Waals surface area contributed by atoms with Crippen LogP contribution in [0.1, 0.15) is 24.7 Å². The lowest BCUT2D eigenvalue weighted by Gasteiger charge is -2.12. The first-order valence-electron chi connectivity index (χ1n) is 7.42. The number of rotatable bonds is 3. The summed E-state index contributed by atoms with van der Waals surface area (Å²) in [6.45, 7) is 3.45. The Bertz CT molecular complexity index is 687. The Morgan fingerprint density at radius 3 is 3.00 bits per heavy atom. The SMILES string of the molecule is CCc1oc2ccccc2c1C=CC(=O)N1CC[C@@H](N)C1. The fraction of sp³-hybridized carbons (Fsp3) is 0.353. The number of likely N-dealkylation sites (tertiary alicyclic amines) is 1. The number of nitrogens with two attached hydrogens (primary N) is 1. The Balaban J connectivity index is 1.87. The van der Waals surface area contributed by atoms with E-state index in [2.05, 4.69) is 6.92 Å². The monoisotopic (exact) mass is 284 g/mol. The summed E-state index contributed by atoms with van der Waals surface area (Å²) in [4.78, 5) is 14.0. The minimum absolute atomic E-state index is 0.0234. The largest absolute Gasteiger partial charge is 0.460 e. The smallest absolute Gasteiger partial charge is 0.246 e. The first kappa shape index (κ1) is 13.9. The standard InChI is InChI=1S/C17H20N2O2/c1-2-15-14(13-5-3-4-6-16(13)21-15)7-8-17(20)19-10-9-12(18)11-19/h3-8,12H,2,9-11,18H2,1H3/t12-/m1/s1. The van der Waals surface area contributed by atoms with Gasteiger partial charge in [0, 0.05) is 42.6 Å². The fourth-order valence-corrected chi connectivity index (χ4v) is 2.81. The Morgan fingerprint density at radius 1 is 1.48 bits per heavy atom. The Labute approximate surface area is 124 Å². The number of furan rings is 1. The van der Waals surface area contributed by atoms with Crippen molar-refractivity contribution in [3.05, 3.63) is 41.7 Å². The highest BCUT2D eigenvalue weighted by molar-refractivity contribution is 5.96. The number of carbonyl (C=O) groups is 1. The van der Waals surface area contributed by atoms with Gasteiger partial charge in [0.2, 0.25) is 5.91 Å². The Morgan fingerprint density at radius 2 is 2.29 bits per heavy atom. The molecule has 1 aliphatic heterocycles. The van der Waals surface area contributed by atoms with E-state index in [1.54, 1.807) is 11.0 Å². The van der Waals surface area contributed by atoms with E-state index in [4.69, 9.17) is 10.2 Å². The lowest BCUT2D eigenvalue weighted by atomic mass is 10.1. The van der Waals surface area contributed by atoms with Crippen molar-refractivity contribution >= 4 is 23.0 Å². The van der Waals surface area contributed by atoms with E-state index in [1.807, 2.05) is 30.3 Å². The van der Waals surface area contributed by atoms with Crippen LogP contribution in [-0.2, 0) is 11.2 Å². The summed E-state index contributed by atoms with van der Waals surface area (Å²) >= 11 is 0. The lowest BCUT2D eigenvalue weighted by molar-refractivity contribution is -0.124. The average Bonchev–Trinajstić information content (AvgIpc) is 3.08. The number of hydrogen-bond donors (Lipinski definition) is 1. The van der Waals surface area contributed by atoms with Crippen molar-refractivity contribution in [2.24, 2.45) is 5.73 Å². The molecule has 0 radical (unpaired) electrons. The maximum Gasteiger partial charge on any atom is 0.246 e. The summed E-state index contributed by atoms with van der Waals surface area (Å²) < 4.78 is 5.83. The average molecular weight is 284 g/mol. The minimum atomic E-state index is 0.0234. The predicted octanol–water partition coefficient (Wildman–Crippen LogP) is 2.57. The summed E-state index contributed by atoms with van der Waals surface area (Å²) in [5, 5.41) is 1.05. The molecule has 1 saturated heterocycles. The molecule has 0 aliphatic carbocycles. The summed E-state index contributed by atoms with van der Waals surface area (Å²) in [5.41, 5.74) is 7.71. The molecule has 1 fully saturated rings. The molecule has 4 nitrogen and oxygen atoms in total. The van der Waals surface area contributed by atoms with Gasteiger partial charge in [0.1, 0.15) is 11.3 Å². The lowest BCUT2D eigenvalue weighted by Crippen LogP contribution is -2.30. The Hall–Kier alpha value is -2.07. The molecule has 1 aromatic heterocycles. The first-order valence-corrected chi connectivity index (χ1v) is 7.42. The maximum absolute atomic E-state index is 12.2. The summed E-state index contributed by atoms with van der Waals surface area (Å²) in [6.07, 6.45) is 5.19. The highest BCUT2D eigenvalue weighted by Gasteiger charge is 2.22. The van der Waals surface area contributed by atoms with Crippen LogP contribution in [0.4, 0.5) is 0 Å². The van der Waals surface area contributed by atoms with Crippen LogP contribution in [0.25, 0.3) is 17.0 Å². The zero-order valence-corrected chi connectivity index (χ0v) is 12.2. The van der Waals surface area contributed by atoms with Crippen LogP contribution in [0.3, 0.4) is 0 Å². The van der Waals surface area contributed by atoms with E-state index in [9.17, 15) is 4.79 Å².